The van der Waals surface area contributed by atoms with Gasteiger partial charge in [0.1, 0.15) is 0 Å². The summed E-state index contributed by atoms with van der Waals surface area (Å²) in [7, 11) is 3.28. The van der Waals surface area contributed by atoms with Crippen molar-refractivity contribution in [1.29, 1.82) is 0 Å². The van der Waals surface area contributed by atoms with Crippen LogP contribution in [0.5, 0.6) is 0 Å². The van der Waals surface area contributed by atoms with Crippen molar-refractivity contribution in [3.05, 3.63) is 58.7 Å². The lowest BCUT2D eigenvalue weighted by molar-refractivity contribution is -0.0669. The highest BCUT2D eigenvalue weighted by molar-refractivity contribution is 5.37. The second-order valence-electron chi connectivity index (χ2n) is 7.29. The Morgan fingerprint density at radius 1 is 1.08 bits per heavy atom. The molecule has 0 saturated heterocycles. The number of hydrogen-bond acceptors (Lipinski definition) is 2. The maximum atomic E-state index is 5.17. The molecule has 2 nitrogen and oxygen atoms in total. The highest BCUT2D eigenvalue weighted by atomic mass is 16.7. The van der Waals surface area contributed by atoms with E-state index < -0.39 is 0 Å². The van der Waals surface area contributed by atoms with Crippen molar-refractivity contribution in [2.45, 2.75) is 60.2 Å². The molecule has 24 heavy (non-hydrogen) atoms. The van der Waals surface area contributed by atoms with Crippen molar-refractivity contribution in [3.8, 4) is 0 Å². The fourth-order valence-electron chi connectivity index (χ4n) is 3.13. The number of allylic oxidation sites excluding steroid dienone is 9. The van der Waals surface area contributed by atoms with Gasteiger partial charge in [0.2, 0.25) is 0 Å². The van der Waals surface area contributed by atoms with E-state index in [1.54, 1.807) is 14.2 Å². The molecule has 0 bridgehead atoms. The number of ether oxygens (including phenoxy) is 2. The minimum Gasteiger partial charge on any atom is -0.352 e. The lowest BCUT2D eigenvalue weighted by atomic mass is 9.72. The monoisotopic (exact) mass is 330 g/mol. The largest absolute Gasteiger partial charge is 0.352 e. The smallest absolute Gasteiger partial charge is 0.176 e. The molecule has 0 amide bonds. The first-order valence-corrected chi connectivity index (χ1v) is 8.77. The predicted octanol–water partition coefficient (Wildman–Crippen LogP) is 6.14. The Morgan fingerprint density at radius 2 is 1.75 bits per heavy atom. The summed E-state index contributed by atoms with van der Waals surface area (Å²) < 4.78 is 10.3. The molecule has 1 rings (SSSR count). The molecule has 0 spiro atoms. The summed E-state index contributed by atoms with van der Waals surface area (Å²) in [4.78, 5) is 0. The van der Waals surface area contributed by atoms with E-state index >= 15 is 0 Å². The second-order valence-corrected chi connectivity index (χ2v) is 7.29. The normalized spacial score (nSPS) is 20.0. The molecule has 2 heteroatoms. The van der Waals surface area contributed by atoms with Gasteiger partial charge in [-0.2, -0.15) is 0 Å². The van der Waals surface area contributed by atoms with Gasteiger partial charge in [-0.05, 0) is 57.1 Å². The first kappa shape index (κ1) is 20.7. The highest BCUT2D eigenvalue weighted by Crippen LogP contribution is 2.40. The highest BCUT2D eigenvalue weighted by Gasteiger charge is 2.26. The number of rotatable bonds is 7. The molecule has 0 aromatic heterocycles. The topological polar surface area (TPSA) is 18.5 Å². The average Bonchev–Trinajstić information content (AvgIpc) is 2.51. The predicted molar refractivity (Wildman–Crippen MR) is 104 cm³/mol. The molecule has 1 aliphatic rings. The van der Waals surface area contributed by atoms with E-state index in [2.05, 4.69) is 58.1 Å². The molecule has 0 heterocycles. The minimum atomic E-state index is -0.289. The second kappa shape index (κ2) is 9.80. The lowest BCUT2D eigenvalue weighted by Crippen LogP contribution is -2.19. The Hall–Kier alpha value is -1.38. The van der Waals surface area contributed by atoms with Crippen molar-refractivity contribution >= 4 is 0 Å². The van der Waals surface area contributed by atoms with Gasteiger partial charge in [-0.1, -0.05) is 60.9 Å². The SMILES string of the molecule is COC(/C=C(C)/C=C/C=C(C)/C=C/C1=C(C)CCCC1(C)C)OC. The van der Waals surface area contributed by atoms with Gasteiger partial charge in [0.25, 0.3) is 0 Å². The van der Waals surface area contributed by atoms with Gasteiger partial charge in [0.05, 0.1) is 0 Å². The average molecular weight is 331 g/mol. The van der Waals surface area contributed by atoms with Crippen molar-refractivity contribution in [3.63, 3.8) is 0 Å². The molecular formula is C22H34O2. The van der Waals surface area contributed by atoms with Crippen molar-refractivity contribution < 1.29 is 9.47 Å². The van der Waals surface area contributed by atoms with Crippen molar-refractivity contribution in [2.24, 2.45) is 5.41 Å². The van der Waals surface area contributed by atoms with Gasteiger partial charge in [0.15, 0.2) is 6.29 Å². The molecule has 0 N–H and O–H groups in total. The summed E-state index contributed by atoms with van der Waals surface area (Å²) in [5.74, 6) is 0. The maximum Gasteiger partial charge on any atom is 0.176 e. The van der Waals surface area contributed by atoms with Gasteiger partial charge >= 0.3 is 0 Å². The Balaban J connectivity index is 2.75. The maximum absolute atomic E-state index is 5.17. The van der Waals surface area contributed by atoms with Crippen LogP contribution in [0, 0.1) is 5.41 Å². The van der Waals surface area contributed by atoms with Crippen LogP contribution >= 0.6 is 0 Å². The van der Waals surface area contributed by atoms with Crippen molar-refractivity contribution in [2.75, 3.05) is 14.2 Å². The molecular weight excluding hydrogens is 296 g/mol. The fraction of sp³-hybridized carbons (Fsp3) is 0.545. The summed E-state index contributed by atoms with van der Waals surface area (Å²) in [6.07, 6.45) is 16.3. The van der Waals surface area contributed by atoms with Gasteiger partial charge in [-0.15, -0.1) is 0 Å². The first-order valence-electron chi connectivity index (χ1n) is 8.77. The molecule has 0 aromatic rings. The van der Waals surface area contributed by atoms with E-state index in [0.717, 1.165) is 5.57 Å². The van der Waals surface area contributed by atoms with Crippen LogP contribution in [0.3, 0.4) is 0 Å². The lowest BCUT2D eigenvalue weighted by Gasteiger charge is -2.32. The van der Waals surface area contributed by atoms with Crippen LogP contribution < -0.4 is 0 Å². The summed E-state index contributed by atoms with van der Waals surface area (Å²) >= 11 is 0. The molecule has 0 aliphatic heterocycles. The Kier molecular flexibility index (Phi) is 8.44. The van der Waals surface area contributed by atoms with E-state index in [1.165, 1.54) is 36.0 Å². The van der Waals surface area contributed by atoms with Gasteiger partial charge < -0.3 is 9.47 Å². The first-order chi connectivity index (χ1) is 11.3. The fourth-order valence-corrected chi connectivity index (χ4v) is 3.13. The van der Waals surface area contributed by atoms with Crippen LogP contribution in [0.25, 0.3) is 0 Å². The van der Waals surface area contributed by atoms with Crippen LogP contribution in [-0.4, -0.2) is 20.5 Å². The van der Waals surface area contributed by atoms with Crippen LogP contribution in [0.1, 0.15) is 53.9 Å². The van der Waals surface area contributed by atoms with Gasteiger partial charge in [-0.3, -0.25) is 0 Å². The molecule has 0 aromatic carbocycles. The molecule has 134 valence electrons. The Morgan fingerprint density at radius 3 is 2.33 bits per heavy atom. The standard InChI is InChI=1S/C22H34O2/c1-17(10-8-11-18(2)16-21(23-6)24-7)13-14-20-19(3)12-9-15-22(20,4)5/h8,10-11,13-14,16,21H,9,12,15H2,1-7H3/b11-8+,14-13+,17-10+,18-16+. The molecule has 0 atom stereocenters. The van der Waals surface area contributed by atoms with E-state index in [9.17, 15) is 0 Å². The zero-order valence-corrected chi connectivity index (χ0v) is 16.5. The Labute approximate surface area is 148 Å². The third-order valence-electron chi connectivity index (χ3n) is 4.64. The molecule has 0 radical (unpaired) electrons. The number of hydrogen-bond donors (Lipinski definition) is 0. The molecule has 0 unspecified atom stereocenters. The summed E-state index contributed by atoms with van der Waals surface area (Å²) in [6.45, 7) is 11.2. The van der Waals surface area contributed by atoms with E-state index in [1.807, 2.05) is 13.0 Å². The number of methoxy groups -OCH3 is 2. The van der Waals surface area contributed by atoms with Gasteiger partial charge in [0, 0.05) is 14.2 Å². The zero-order chi connectivity index (χ0) is 18.2. The van der Waals surface area contributed by atoms with Gasteiger partial charge in [-0.25, -0.2) is 0 Å². The Bertz CT molecular complexity index is 553. The van der Waals surface area contributed by atoms with E-state index in [4.69, 9.17) is 9.47 Å². The molecule has 0 saturated carbocycles. The van der Waals surface area contributed by atoms with E-state index in [0.29, 0.717) is 5.41 Å². The van der Waals surface area contributed by atoms with Crippen LogP contribution in [0.4, 0.5) is 0 Å². The third-order valence-corrected chi connectivity index (χ3v) is 4.64. The van der Waals surface area contributed by atoms with E-state index in [-0.39, 0.29) is 6.29 Å². The quantitative estimate of drug-likeness (QED) is 0.412. The van der Waals surface area contributed by atoms with Crippen LogP contribution in [-0.2, 0) is 9.47 Å². The molecule has 1 aliphatic carbocycles. The summed E-state index contributed by atoms with van der Waals surface area (Å²) in [6, 6.07) is 0. The third kappa shape index (κ3) is 6.62. The van der Waals surface area contributed by atoms with Crippen LogP contribution in [0.2, 0.25) is 0 Å². The minimum absolute atomic E-state index is 0.289. The summed E-state index contributed by atoms with van der Waals surface area (Å²) in [5.41, 5.74) is 5.70. The summed E-state index contributed by atoms with van der Waals surface area (Å²) in [5, 5.41) is 0. The molecule has 0 fully saturated rings. The van der Waals surface area contributed by atoms with Crippen molar-refractivity contribution in [1.82, 2.24) is 0 Å². The van der Waals surface area contributed by atoms with Crippen LogP contribution in [0.15, 0.2) is 58.7 Å². The zero-order valence-electron chi connectivity index (χ0n) is 16.5.